The summed E-state index contributed by atoms with van der Waals surface area (Å²) in [5.74, 6) is -4.55. The highest BCUT2D eigenvalue weighted by molar-refractivity contribution is 6.42. The van der Waals surface area contributed by atoms with Crippen LogP contribution < -0.4 is 21.3 Å². The maximum atomic E-state index is 13.3. The molecule has 214 valence electrons. The lowest BCUT2D eigenvalue weighted by Crippen LogP contribution is -2.56. The molecule has 3 aromatic rings. The van der Waals surface area contributed by atoms with Crippen molar-refractivity contribution in [1.29, 1.82) is 0 Å². The van der Waals surface area contributed by atoms with Crippen LogP contribution in [0.5, 0.6) is 0 Å². The zero-order chi connectivity index (χ0) is 29.9. The summed E-state index contributed by atoms with van der Waals surface area (Å²) >= 11 is 0. The Morgan fingerprint density at radius 3 is 1.88 bits per heavy atom. The molecule has 0 radical (unpaired) electrons. The highest BCUT2D eigenvalue weighted by Gasteiger charge is 2.32. The monoisotopic (exact) mass is 560 g/mol. The number of amides is 4. The molecule has 0 spiro atoms. The van der Waals surface area contributed by atoms with E-state index in [0.717, 1.165) is 17.7 Å². The van der Waals surface area contributed by atoms with Crippen LogP contribution >= 0.6 is 0 Å². The number of Topliss-reactive ketones (excluding diaryl/α,β-unsaturated/α-hetero) is 1. The molecule has 0 fully saturated rings. The average molecular weight is 561 g/mol. The van der Waals surface area contributed by atoms with Crippen LogP contribution in [0, 0.1) is 11.7 Å². The molecule has 9 nitrogen and oxygen atoms in total. The summed E-state index contributed by atoms with van der Waals surface area (Å²) in [7, 11) is 0. The molecule has 0 saturated carbocycles. The minimum atomic E-state index is -1.18. The van der Waals surface area contributed by atoms with Crippen LogP contribution in [0.4, 0.5) is 10.1 Å². The molecule has 0 aliphatic rings. The molecule has 0 aromatic heterocycles. The van der Waals surface area contributed by atoms with Crippen molar-refractivity contribution in [3.8, 4) is 0 Å². The SMILES string of the molecule is CC(NC(=O)[C@H](Cc1ccccc1)NC(=O)c1ccccc1)C(=O)N[C@H](C(=O)C(=O)Nc1ccc(F)cc1)C(C)C. The van der Waals surface area contributed by atoms with Crippen molar-refractivity contribution >= 4 is 35.1 Å². The van der Waals surface area contributed by atoms with Gasteiger partial charge in [-0.1, -0.05) is 62.4 Å². The summed E-state index contributed by atoms with van der Waals surface area (Å²) in [5, 5.41) is 10.3. The zero-order valence-corrected chi connectivity index (χ0v) is 23.0. The van der Waals surface area contributed by atoms with Gasteiger partial charge in [0.1, 0.15) is 17.9 Å². The van der Waals surface area contributed by atoms with E-state index in [-0.39, 0.29) is 12.1 Å². The number of carbonyl (C=O) groups is 5. The largest absolute Gasteiger partial charge is 0.344 e. The molecule has 0 aliphatic carbocycles. The molecule has 0 bridgehead atoms. The Balaban J connectivity index is 1.67. The molecule has 3 atom stereocenters. The van der Waals surface area contributed by atoms with Gasteiger partial charge < -0.3 is 21.3 Å². The van der Waals surface area contributed by atoms with Crippen molar-refractivity contribution in [3.63, 3.8) is 0 Å². The average Bonchev–Trinajstić information content (AvgIpc) is 2.96. The van der Waals surface area contributed by atoms with Gasteiger partial charge >= 0.3 is 0 Å². The quantitative estimate of drug-likeness (QED) is 0.253. The first kappa shape index (κ1) is 30.7. The van der Waals surface area contributed by atoms with Gasteiger partial charge in [-0.15, -0.1) is 0 Å². The molecule has 0 saturated heterocycles. The number of benzene rings is 3. The summed E-state index contributed by atoms with van der Waals surface area (Å²) in [4.78, 5) is 64.5. The summed E-state index contributed by atoms with van der Waals surface area (Å²) in [6, 6.07) is 19.2. The molecule has 0 heterocycles. The molecule has 3 rings (SSSR count). The molecule has 1 unspecified atom stereocenters. The van der Waals surface area contributed by atoms with Gasteiger partial charge in [0, 0.05) is 17.7 Å². The van der Waals surface area contributed by atoms with Crippen LogP contribution in [0.3, 0.4) is 0 Å². The first-order valence-corrected chi connectivity index (χ1v) is 13.2. The predicted octanol–water partition coefficient (Wildman–Crippen LogP) is 3.02. The van der Waals surface area contributed by atoms with Crippen molar-refractivity contribution in [3.05, 3.63) is 102 Å². The van der Waals surface area contributed by atoms with Gasteiger partial charge in [0.2, 0.25) is 17.6 Å². The normalized spacial score (nSPS) is 12.9. The second-order valence-corrected chi connectivity index (χ2v) is 9.87. The third kappa shape index (κ3) is 9.10. The van der Waals surface area contributed by atoms with Crippen LogP contribution in [0.15, 0.2) is 84.9 Å². The van der Waals surface area contributed by atoms with Gasteiger partial charge in [0.05, 0.1) is 6.04 Å². The van der Waals surface area contributed by atoms with Crippen molar-refractivity contribution in [2.24, 2.45) is 5.92 Å². The number of rotatable bonds is 12. The van der Waals surface area contributed by atoms with E-state index in [9.17, 15) is 28.4 Å². The van der Waals surface area contributed by atoms with E-state index in [1.165, 1.54) is 19.1 Å². The van der Waals surface area contributed by atoms with Crippen molar-refractivity contribution in [2.45, 2.75) is 45.3 Å². The number of halogens is 1. The number of hydrogen-bond acceptors (Lipinski definition) is 5. The number of hydrogen-bond donors (Lipinski definition) is 4. The Morgan fingerprint density at radius 1 is 0.707 bits per heavy atom. The molecule has 3 aromatic carbocycles. The maximum Gasteiger partial charge on any atom is 0.293 e. The predicted molar refractivity (Wildman–Crippen MR) is 152 cm³/mol. The minimum absolute atomic E-state index is 0.177. The second kappa shape index (κ2) is 14.5. The lowest BCUT2D eigenvalue weighted by Gasteiger charge is -2.25. The van der Waals surface area contributed by atoms with Crippen molar-refractivity contribution in [1.82, 2.24) is 16.0 Å². The van der Waals surface area contributed by atoms with Crippen LogP contribution in [0.1, 0.15) is 36.7 Å². The molecule has 4 amide bonds. The van der Waals surface area contributed by atoms with Gasteiger partial charge in [-0.25, -0.2) is 4.39 Å². The molecule has 0 aliphatic heterocycles. The van der Waals surface area contributed by atoms with E-state index in [4.69, 9.17) is 0 Å². The van der Waals surface area contributed by atoms with Crippen molar-refractivity contribution < 1.29 is 28.4 Å². The molecule has 4 N–H and O–H groups in total. The highest BCUT2D eigenvalue weighted by Crippen LogP contribution is 2.11. The molecular formula is C31H33FN4O5. The number of nitrogens with one attached hydrogen (secondary N) is 4. The van der Waals surface area contributed by atoms with Crippen molar-refractivity contribution in [2.75, 3.05) is 5.32 Å². The first-order valence-electron chi connectivity index (χ1n) is 13.2. The lowest BCUT2D eigenvalue weighted by atomic mass is 9.98. The van der Waals surface area contributed by atoms with Gasteiger partial charge in [0.25, 0.3) is 11.8 Å². The van der Waals surface area contributed by atoms with E-state index in [0.29, 0.717) is 5.56 Å². The smallest absolute Gasteiger partial charge is 0.293 e. The number of carbonyl (C=O) groups excluding carboxylic acids is 5. The van der Waals surface area contributed by atoms with Gasteiger partial charge in [-0.2, -0.15) is 0 Å². The van der Waals surface area contributed by atoms with E-state index in [1.54, 1.807) is 44.2 Å². The van der Waals surface area contributed by atoms with Crippen LogP contribution in [-0.4, -0.2) is 47.5 Å². The Kier molecular flexibility index (Phi) is 10.9. The van der Waals surface area contributed by atoms with E-state index in [1.807, 2.05) is 30.3 Å². The molecule has 41 heavy (non-hydrogen) atoms. The van der Waals surface area contributed by atoms with Gasteiger partial charge in [-0.3, -0.25) is 24.0 Å². The third-order valence-electron chi connectivity index (χ3n) is 6.27. The topological polar surface area (TPSA) is 133 Å². The van der Waals surface area contributed by atoms with Crippen LogP contribution in [0.2, 0.25) is 0 Å². The van der Waals surface area contributed by atoms with E-state index >= 15 is 0 Å². The first-order chi connectivity index (χ1) is 19.5. The van der Waals surface area contributed by atoms with Gasteiger partial charge in [-0.05, 0) is 54.8 Å². The fraction of sp³-hybridized carbons (Fsp3) is 0.258. The molecule has 10 heteroatoms. The second-order valence-electron chi connectivity index (χ2n) is 9.87. The minimum Gasteiger partial charge on any atom is -0.344 e. The zero-order valence-electron chi connectivity index (χ0n) is 23.0. The van der Waals surface area contributed by atoms with E-state index in [2.05, 4.69) is 21.3 Å². The van der Waals surface area contributed by atoms with Gasteiger partial charge in [0.15, 0.2) is 0 Å². The number of anilines is 1. The Labute approximate surface area is 237 Å². The summed E-state index contributed by atoms with van der Waals surface area (Å²) in [5.41, 5.74) is 1.40. The fourth-order valence-corrected chi connectivity index (χ4v) is 3.95. The molecular weight excluding hydrogens is 527 g/mol. The number of ketones is 1. The van der Waals surface area contributed by atoms with Crippen LogP contribution in [0.25, 0.3) is 0 Å². The highest BCUT2D eigenvalue weighted by atomic mass is 19.1. The van der Waals surface area contributed by atoms with E-state index < -0.39 is 59.3 Å². The standard InChI is InChI=1S/C31H33FN4O5/c1-19(2)26(27(37)31(41)34-24-16-14-23(32)15-17-24)36-28(38)20(3)33-30(40)25(18-21-10-6-4-7-11-21)35-29(39)22-12-8-5-9-13-22/h4-17,19-20,25-26H,18H2,1-3H3,(H,33,40)(H,34,41)(H,35,39)(H,36,38)/t20?,25-,26-/m0/s1. The Hall–Kier alpha value is -4.86. The Bertz CT molecular complexity index is 1360. The van der Waals surface area contributed by atoms with Crippen LogP contribution in [-0.2, 0) is 25.6 Å². The summed E-state index contributed by atoms with van der Waals surface area (Å²) in [6.45, 7) is 4.75. The Morgan fingerprint density at radius 2 is 1.29 bits per heavy atom. The summed E-state index contributed by atoms with van der Waals surface area (Å²) < 4.78 is 13.1. The fourth-order valence-electron chi connectivity index (χ4n) is 3.95. The maximum absolute atomic E-state index is 13.3. The lowest BCUT2D eigenvalue weighted by molar-refractivity contribution is -0.138. The third-order valence-corrected chi connectivity index (χ3v) is 6.27. The summed E-state index contributed by atoms with van der Waals surface area (Å²) in [6.07, 6.45) is 0.177.